The van der Waals surface area contributed by atoms with E-state index in [-0.39, 0.29) is 12.1 Å². The summed E-state index contributed by atoms with van der Waals surface area (Å²) in [5, 5.41) is 13.0. The summed E-state index contributed by atoms with van der Waals surface area (Å²) in [6, 6.07) is -0.0717. The third-order valence-electron chi connectivity index (χ3n) is 2.35. The summed E-state index contributed by atoms with van der Waals surface area (Å²) in [4.78, 5) is 11.5. The summed E-state index contributed by atoms with van der Waals surface area (Å²) in [7, 11) is 0. The number of urea groups is 1. The van der Waals surface area contributed by atoms with Crippen LogP contribution in [-0.4, -0.2) is 28.4 Å². The van der Waals surface area contributed by atoms with E-state index in [0.29, 0.717) is 0 Å². The summed E-state index contributed by atoms with van der Waals surface area (Å²) in [5.74, 6) is 0.894. The first-order chi connectivity index (χ1) is 7.66. The maximum atomic E-state index is 11.5. The summed E-state index contributed by atoms with van der Waals surface area (Å²) in [5.41, 5.74) is 0.734. The van der Waals surface area contributed by atoms with Gasteiger partial charge >= 0.3 is 6.03 Å². The number of carbonyl (C=O) groups excluding carboxylic acids is 1. The Kier molecular flexibility index (Phi) is 2.98. The van der Waals surface area contributed by atoms with Crippen molar-refractivity contribution in [2.45, 2.75) is 32.9 Å². The fourth-order valence-electron chi connectivity index (χ4n) is 1.69. The van der Waals surface area contributed by atoms with E-state index in [1.807, 2.05) is 18.5 Å². The van der Waals surface area contributed by atoms with Crippen LogP contribution in [0.5, 0.6) is 0 Å². The van der Waals surface area contributed by atoms with Crippen molar-refractivity contribution in [1.29, 1.82) is 0 Å². The van der Waals surface area contributed by atoms with Gasteiger partial charge in [-0.1, -0.05) is 0 Å². The lowest BCUT2D eigenvalue weighted by Crippen LogP contribution is -2.34. The van der Waals surface area contributed by atoms with Gasteiger partial charge in [-0.3, -0.25) is 0 Å². The molecular formula is C10H17N5O. The topological polar surface area (TPSA) is 71.0 Å². The van der Waals surface area contributed by atoms with Crippen LogP contribution in [-0.2, 0) is 6.54 Å². The number of carbonyl (C=O) groups is 1. The van der Waals surface area contributed by atoms with Gasteiger partial charge in [0.25, 0.3) is 0 Å². The smallest absolute Gasteiger partial charge is 0.319 e. The van der Waals surface area contributed by atoms with Crippen molar-refractivity contribution in [2.24, 2.45) is 0 Å². The molecule has 88 valence electrons. The monoisotopic (exact) mass is 223 g/mol. The van der Waals surface area contributed by atoms with Crippen molar-refractivity contribution >= 4 is 17.5 Å². The number of fused-ring (bicyclic) bond motifs is 1. The highest BCUT2D eigenvalue weighted by atomic mass is 16.2. The van der Waals surface area contributed by atoms with E-state index in [1.54, 1.807) is 6.20 Å². The second-order valence-corrected chi connectivity index (χ2v) is 4.16. The Morgan fingerprint density at radius 1 is 1.62 bits per heavy atom. The molecule has 0 saturated carbocycles. The van der Waals surface area contributed by atoms with Gasteiger partial charge in [0.2, 0.25) is 0 Å². The lowest BCUT2D eigenvalue weighted by atomic mass is 10.3. The van der Waals surface area contributed by atoms with Crippen LogP contribution in [0.4, 0.5) is 16.3 Å². The highest BCUT2D eigenvalue weighted by Gasteiger charge is 2.15. The van der Waals surface area contributed by atoms with E-state index >= 15 is 0 Å². The standard InChI is InChI=1S/C10H17N5O/c1-7(2)13-10(16)14-8-6-12-15-5-3-4-11-9(8)15/h6-7,11H,3-5H2,1-2H3,(H2,13,14,16). The van der Waals surface area contributed by atoms with Crippen LogP contribution in [0.3, 0.4) is 0 Å². The number of hydrogen-bond acceptors (Lipinski definition) is 3. The average molecular weight is 223 g/mol. The molecule has 2 rings (SSSR count). The Hall–Kier alpha value is -1.72. The van der Waals surface area contributed by atoms with Crippen LogP contribution in [0.2, 0.25) is 0 Å². The van der Waals surface area contributed by atoms with E-state index in [4.69, 9.17) is 0 Å². The van der Waals surface area contributed by atoms with Gasteiger partial charge in [0.05, 0.1) is 6.20 Å². The molecule has 0 unspecified atom stereocenters. The van der Waals surface area contributed by atoms with Gasteiger partial charge in [-0.25, -0.2) is 9.48 Å². The minimum atomic E-state index is -0.196. The molecule has 0 saturated heterocycles. The number of rotatable bonds is 2. The number of aryl methyl sites for hydroxylation is 1. The van der Waals surface area contributed by atoms with E-state index < -0.39 is 0 Å². The number of amides is 2. The SMILES string of the molecule is CC(C)NC(=O)Nc1cnn2c1NCCC2. The Morgan fingerprint density at radius 3 is 3.19 bits per heavy atom. The largest absolute Gasteiger partial charge is 0.368 e. The zero-order valence-electron chi connectivity index (χ0n) is 9.58. The molecule has 0 aromatic carbocycles. The first kappa shape index (κ1) is 10.8. The van der Waals surface area contributed by atoms with Crippen LogP contribution in [0.25, 0.3) is 0 Å². The maximum Gasteiger partial charge on any atom is 0.319 e. The van der Waals surface area contributed by atoms with Crippen molar-refractivity contribution in [3.8, 4) is 0 Å². The molecule has 16 heavy (non-hydrogen) atoms. The Bertz CT molecular complexity index is 385. The second-order valence-electron chi connectivity index (χ2n) is 4.16. The normalized spacial score (nSPS) is 14.2. The van der Waals surface area contributed by atoms with Crippen molar-refractivity contribution in [3.05, 3.63) is 6.20 Å². The summed E-state index contributed by atoms with van der Waals surface area (Å²) in [6.07, 6.45) is 2.74. The number of nitrogens with zero attached hydrogens (tertiary/aromatic N) is 2. The minimum absolute atomic E-state index is 0.124. The second kappa shape index (κ2) is 4.42. The van der Waals surface area contributed by atoms with Gasteiger partial charge in [0.15, 0.2) is 0 Å². The van der Waals surface area contributed by atoms with Crippen LogP contribution >= 0.6 is 0 Å². The predicted octanol–water partition coefficient (Wildman–Crippen LogP) is 1.23. The highest BCUT2D eigenvalue weighted by molar-refractivity contribution is 5.92. The molecule has 3 N–H and O–H groups in total. The van der Waals surface area contributed by atoms with Crippen molar-refractivity contribution < 1.29 is 4.79 Å². The number of nitrogens with one attached hydrogen (secondary N) is 3. The Morgan fingerprint density at radius 2 is 2.44 bits per heavy atom. The quantitative estimate of drug-likeness (QED) is 0.706. The van der Waals surface area contributed by atoms with Gasteiger partial charge in [0.1, 0.15) is 11.5 Å². The zero-order chi connectivity index (χ0) is 11.5. The van der Waals surface area contributed by atoms with Gasteiger partial charge in [0, 0.05) is 19.1 Å². The molecular weight excluding hydrogens is 206 g/mol. The number of aromatic nitrogens is 2. The van der Waals surface area contributed by atoms with E-state index in [9.17, 15) is 4.79 Å². The van der Waals surface area contributed by atoms with E-state index in [0.717, 1.165) is 31.0 Å². The lowest BCUT2D eigenvalue weighted by Gasteiger charge is -2.17. The predicted molar refractivity (Wildman–Crippen MR) is 62.6 cm³/mol. The third kappa shape index (κ3) is 2.26. The summed E-state index contributed by atoms with van der Waals surface area (Å²) < 4.78 is 1.87. The number of hydrogen-bond donors (Lipinski definition) is 3. The van der Waals surface area contributed by atoms with Crippen LogP contribution in [0, 0.1) is 0 Å². The van der Waals surface area contributed by atoms with Gasteiger partial charge in [-0.15, -0.1) is 0 Å². The molecule has 0 bridgehead atoms. The number of anilines is 2. The Labute approximate surface area is 94.4 Å². The van der Waals surface area contributed by atoms with Crippen molar-refractivity contribution in [3.63, 3.8) is 0 Å². The molecule has 0 radical (unpaired) electrons. The van der Waals surface area contributed by atoms with E-state index in [1.165, 1.54) is 0 Å². The molecule has 1 aromatic heterocycles. The molecule has 2 heterocycles. The van der Waals surface area contributed by atoms with Crippen LogP contribution < -0.4 is 16.0 Å². The first-order valence-electron chi connectivity index (χ1n) is 5.54. The first-order valence-corrected chi connectivity index (χ1v) is 5.54. The maximum absolute atomic E-state index is 11.5. The molecule has 0 atom stereocenters. The molecule has 0 aliphatic carbocycles. The van der Waals surface area contributed by atoms with Crippen molar-refractivity contribution in [2.75, 3.05) is 17.2 Å². The highest BCUT2D eigenvalue weighted by Crippen LogP contribution is 2.23. The molecule has 1 aromatic rings. The molecule has 2 amide bonds. The van der Waals surface area contributed by atoms with E-state index in [2.05, 4.69) is 21.0 Å². The van der Waals surface area contributed by atoms with Gasteiger partial charge in [-0.05, 0) is 20.3 Å². The molecule has 6 nitrogen and oxygen atoms in total. The molecule has 1 aliphatic heterocycles. The van der Waals surface area contributed by atoms with Crippen molar-refractivity contribution in [1.82, 2.24) is 15.1 Å². The lowest BCUT2D eigenvalue weighted by molar-refractivity contribution is 0.250. The minimum Gasteiger partial charge on any atom is -0.368 e. The van der Waals surface area contributed by atoms with Gasteiger partial charge in [-0.2, -0.15) is 5.10 Å². The summed E-state index contributed by atoms with van der Waals surface area (Å²) >= 11 is 0. The fraction of sp³-hybridized carbons (Fsp3) is 0.600. The molecule has 1 aliphatic rings. The molecule has 6 heteroatoms. The van der Waals surface area contributed by atoms with Crippen LogP contribution in [0.1, 0.15) is 20.3 Å². The zero-order valence-corrected chi connectivity index (χ0v) is 9.58. The van der Waals surface area contributed by atoms with Crippen LogP contribution in [0.15, 0.2) is 6.20 Å². The van der Waals surface area contributed by atoms with Gasteiger partial charge < -0.3 is 16.0 Å². The molecule has 0 spiro atoms. The average Bonchev–Trinajstić information content (AvgIpc) is 2.61. The third-order valence-corrected chi connectivity index (χ3v) is 2.35. The Balaban J connectivity index is 2.04. The molecule has 0 fully saturated rings. The fourth-order valence-corrected chi connectivity index (χ4v) is 1.69. The summed E-state index contributed by atoms with van der Waals surface area (Å²) in [6.45, 7) is 5.67.